The molecule has 0 radical (unpaired) electrons. The van der Waals surface area contributed by atoms with Crippen LogP contribution < -0.4 is 10.3 Å². The van der Waals surface area contributed by atoms with Crippen molar-refractivity contribution in [2.75, 3.05) is 13.7 Å². The molecule has 0 saturated heterocycles. The van der Waals surface area contributed by atoms with E-state index in [1.54, 1.807) is 42.3 Å². The lowest BCUT2D eigenvalue weighted by Gasteiger charge is -2.29. The quantitative estimate of drug-likeness (QED) is 0.586. The summed E-state index contributed by atoms with van der Waals surface area (Å²) in [6, 6.07) is 12.0. The van der Waals surface area contributed by atoms with Crippen molar-refractivity contribution >= 4 is 41.3 Å². The van der Waals surface area contributed by atoms with Gasteiger partial charge in [-0.2, -0.15) is 0 Å². The number of H-pyrrole nitrogens is 1. The predicted octanol–water partition coefficient (Wildman–Crippen LogP) is 4.41. The molecule has 2 aromatic carbocycles. The van der Waals surface area contributed by atoms with Gasteiger partial charge in [0.25, 0.3) is 11.5 Å². The van der Waals surface area contributed by atoms with Gasteiger partial charge in [-0.25, -0.2) is 4.57 Å². The molecule has 9 heteroatoms. The highest BCUT2D eigenvalue weighted by molar-refractivity contribution is 7.71. The highest BCUT2D eigenvalue weighted by Crippen LogP contribution is 2.25. The molecule has 4 rings (SSSR count). The molecule has 0 unspecified atom stereocenters. The van der Waals surface area contributed by atoms with Gasteiger partial charge in [0.05, 0.1) is 29.4 Å². The molecule has 0 atom stereocenters. The van der Waals surface area contributed by atoms with Gasteiger partial charge in [0.15, 0.2) is 4.77 Å². The minimum absolute atomic E-state index is 0.188. The molecular weight excluding hydrogens is 445 g/mol. The number of aromatic amines is 1. The van der Waals surface area contributed by atoms with E-state index in [0.29, 0.717) is 51.3 Å². The Hall–Kier alpha value is -2.61. The Morgan fingerprint density at radius 2 is 1.93 bits per heavy atom. The van der Waals surface area contributed by atoms with Crippen LogP contribution in [-0.2, 0) is 13.0 Å². The number of methoxy groups -OCH3 is 1. The first-order chi connectivity index (χ1) is 14.4. The van der Waals surface area contributed by atoms with Crippen LogP contribution in [0.4, 0.5) is 0 Å². The summed E-state index contributed by atoms with van der Waals surface area (Å²) >= 11 is 17.4. The van der Waals surface area contributed by atoms with Gasteiger partial charge >= 0.3 is 0 Å². The van der Waals surface area contributed by atoms with Crippen LogP contribution in [0.15, 0.2) is 47.3 Å². The summed E-state index contributed by atoms with van der Waals surface area (Å²) < 4.78 is 7.05. The van der Waals surface area contributed by atoms with Gasteiger partial charge in [0.1, 0.15) is 5.75 Å². The number of amides is 1. The summed E-state index contributed by atoms with van der Waals surface area (Å²) in [5.41, 5.74) is 2.04. The maximum absolute atomic E-state index is 13.2. The third kappa shape index (κ3) is 3.64. The largest absolute Gasteiger partial charge is 0.495 e. The zero-order valence-corrected chi connectivity index (χ0v) is 18.3. The van der Waals surface area contributed by atoms with Crippen LogP contribution in [0.1, 0.15) is 21.6 Å². The number of carbonyl (C=O) groups is 1. The SMILES string of the molecule is COc1ccccc1-n1c(=S)[nH]c2c(c1=O)CCN(C(=O)c1ccc(Cl)c(Cl)c1)C2. The Balaban J connectivity index is 1.70. The van der Waals surface area contributed by atoms with E-state index < -0.39 is 0 Å². The number of nitrogens with one attached hydrogen (secondary N) is 1. The van der Waals surface area contributed by atoms with Crippen LogP contribution in [0, 0.1) is 4.77 Å². The monoisotopic (exact) mass is 461 g/mol. The first-order valence-corrected chi connectivity index (χ1v) is 10.3. The lowest BCUT2D eigenvalue weighted by Crippen LogP contribution is -2.40. The Morgan fingerprint density at radius 1 is 1.17 bits per heavy atom. The van der Waals surface area contributed by atoms with Crippen molar-refractivity contribution in [1.29, 1.82) is 0 Å². The van der Waals surface area contributed by atoms with Gasteiger partial charge in [0.2, 0.25) is 0 Å². The molecule has 0 saturated carbocycles. The van der Waals surface area contributed by atoms with Crippen LogP contribution in [0.2, 0.25) is 10.0 Å². The number of benzene rings is 2. The van der Waals surface area contributed by atoms with E-state index in [2.05, 4.69) is 4.98 Å². The summed E-state index contributed by atoms with van der Waals surface area (Å²) in [5.74, 6) is 0.360. The molecule has 3 aromatic rings. The van der Waals surface area contributed by atoms with Crippen molar-refractivity contribution < 1.29 is 9.53 Å². The average Bonchev–Trinajstić information content (AvgIpc) is 2.75. The third-order valence-corrected chi connectivity index (χ3v) is 6.07. The molecule has 1 aromatic heterocycles. The van der Waals surface area contributed by atoms with Crippen molar-refractivity contribution in [2.45, 2.75) is 13.0 Å². The number of para-hydroxylation sites is 2. The molecule has 30 heavy (non-hydrogen) atoms. The second kappa shape index (κ2) is 8.26. The van der Waals surface area contributed by atoms with Gasteiger partial charge in [-0.15, -0.1) is 0 Å². The maximum Gasteiger partial charge on any atom is 0.262 e. The molecule has 1 N–H and O–H groups in total. The number of carbonyl (C=O) groups excluding carboxylic acids is 1. The van der Waals surface area contributed by atoms with Crippen molar-refractivity contribution in [3.8, 4) is 11.4 Å². The fourth-order valence-electron chi connectivity index (χ4n) is 3.54. The Labute approximate surface area is 187 Å². The Morgan fingerprint density at radius 3 is 2.67 bits per heavy atom. The third-order valence-electron chi connectivity index (χ3n) is 5.05. The van der Waals surface area contributed by atoms with Crippen molar-refractivity contribution in [3.63, 3.8) is 0 Å². The molecule has 6 nitrogen and oxygen atoms in total. The number of hydrogen-bond donors (Lipinski definition) is 1. The molecular formula is C21H17Cl2N3O3S. The maximum atomic E-state index is 13.2. The molecule has 1 amide bonds. The number of rotatable bonds is 3. The number of fused-ring (bicyclic) bond motifs is 1. The molecule has 0 fully saturated rings. The van der Waals surface area contributed by atoms with Gasteiger partial charge < -0.3 is 14.6 Å². The van der Waals surface area contributed by atoms with Crippen LogP contribution >= 0.6 is 35.4 Å². The fourth-order valence-corrected chi connectivity index (χ4v) is 4.15. The first kappa shape index (κ1) is 20.7. The zero-order valence-electron chi connectivity index (χ0n) is 15.9. The summed E-state index contributed by atoms with van der Waals surface area (Å²) in [7, 11) is 1.54. The van der Waals surface area contributed by atoms with Crippen LogP contribution in [0.5, 0.6) is 5.75 Å². The van der Waals surface area contributed by atoms with Crippen molar-refractivity contribution in [3.05, 3.63) is 84.5 Å². The van der Waals surface area contributed by atoms with Crippen molar-refractivity contribution in [1.82, 2.24) is 14.5 Å². The molecule has 154 valence electrons. The number of halogens is 2. The number of ether oxygens (including phenoxy) is 1. The predicted molar refractivity (Wildman–Crippen MR) is 119 cm³/mol. The second-order valence-corrected chi connectivity index (χ2v) is 8.01. The van der Waals surface area contributed by atoms with Gasteiger partial charge in [-0.3, -0.25) is 9.59 Å². The molecule has 2 heterocycles. The smallest absolute Gasteiger partial charge is 0.262 e. The van der Waals surface area contributed by atoms with E-state index in [-0.39, 0.29) is 22.8 Å². The van der Waals surface area contributed by atoms with Crippen LogP contribution in [-0.4, -0.2) is 34.0 Å². The fraction of sp³-hybridized carbons (Fsp3) is 0.190. The van der Waals surface area contributed by atoms with Gasteiger partial charge in [0, 0.05) is 23.4 Å². The van der Waals surface area contributed by atoms with Crippen LogP contribution in [0.25, 0.3) is 5.69 Å². The summed E-state index contributed by atoms with van der Waals surface area (Å²) in [6.07, 6.45) is 0.405. The summed E-state index contributed by atoms with van der Waals surface area (Å²) in [5, 5.41) is 0.706. The Bertz CT molecular complexity index is 1270. The number of hydrogen-bond acceptors (Lipinski definition) is 4. The second-order valence-electron chi connectivity index (χ2n) is 6.81. The highest BCUT2D eigenvalue weighted by atomic mass is 35.5. The van der Waals surface area contributed by atoms with E-state index in [4.69, 9.17) is 40.2 Å². The molecule has 0 spiro atoms. The lowest BCUT2D eigenvalue weighted by atomic mass is 10.0. The van der Waals surface area contributed by atoms with E-state index >= 15 is 0 Å². The molecule has 1 aliphatic heterocycles. The molecule has 0 aliphatic carbocycles. The molecule has 0 bridgehead atoms. The summed E-state index contributed by atoms with van der Waals surface area (Å²) in [4.78, 5) is 30.9. The van der Waals surface area contributed by atoms with E-state index in [0.717, 1.165) is 0 Å². The summed E-state index contributed by atoms with van der Waals surface area (Å²) in [6.45, 7) is 0.651. The number of aromatic nitrogens is 2. The van der Waals surface area contributed by atoms with Gasteiger partial charge in [-0.1, -0.05) is 35.3 Å². The van der Waals surface area contributed by atoms with E-state index in [1.807, 2.05) is 12.1 Å². The molecule has 1 aliphatic rings. The topological polar surface area (TPSA) is 67.3 Å². The van der Waals surface area contributed by atoms with E-state index in [9.17, 15) is 9.59 Å². The standard InChI is InChI=1S/C21H17Cl2N3O3S/c1-29-18-5-3-2-4-17(18)26-20(28)13-8-9-25(11-16(13)24-21(26)30)19(27)12-6-7-14(22)15(23)10-12/h2-7,10H,8-9,11H2,1H3,(H,24,30). The first-order valence-electron chi connectivity index (χ1n) is 9.15. The minimum Gasteiger partial charge on any atom is -0.495 e. The lowest BCUT2D eigenvalue weighted by molar-refractivity contribution is 0.0731. The van der Waals surface area contributed by atoms with E-state index in [1.165, 1.54) is 4.57 Å². The highest BCUT2D eigenvalue weighted by Gasteiger charge is 2.26. The zero-order chi connectivity index (χ0) is 21.4. The van der Waals surface area contributed by atoms with Crippen LogP contribution in [0.3, 0.4) is 0 Å². The van der Waals surface area contributed by atoms with Gasteiger partial charge in [-0.05, 0) is 49.0 Å². The van der Waals surface area contributed by atoms with Crippen molar-refractivity contribution in [2.24, 2.45) is 0 Å². The average molecular weight is 462 g/mol. The Kier molecular flexibility index (Phi) is 5.69. The number of nitrogens with zero attached hydrogens (tertiary/aromatic N) is 2. The normalized spacial score (nSPS) is 13.1. The minimum atomic E-state index is -0.208.